The Morgan fingerprint density at radius 3 is 2.42 bits per heavy atom. The molecule has 0 radical (unpaired) electrons. The van der Waals surface area contributed by atoms with Gasteiger partial charge in [-0.05, 0) is 12.8 Å². The van der Waals surface area contributed by atoms with Crippen LogP contribution in [0, 0.1) is 0 Å². The van der Waals surface area contributed by atoms with Crippen molar-refractivity contribution in [2.75, 3.05) is 33.3 Å². The lowest BCUT2D eigenvalue weighted by Gasteiger charge is -2.44. The maximum absolute atomic E-state index is 13.8. The van der Waals surface area contributed by atoms with Gasteiger partial charge in [-0.2, -0.15) is 4.37 Å². The lowest BCUT2D eigenvalue weighted by atomic mass is 9.79. The van der Waals surface area contributed by atoms with Gasteiger partial charge in [0.05, 0.1) is 23.9 Å². The molecule has 1 aliphatic heterocycles. The van der Waals surface area contributed by atoms with Gasteiger partial charge in [-0.25, -0.2) is 17.6 Å². The third kappa shape index (κ3) is 4.36. The molecular formula is C17H25F4N3OS. The molecule has 1 aliphatic rings. The minimum Gasteiger partial charge on any atom is -0.475 e. The molecule has 1 N–H and O–H groups in total. The molecule has 0 aromatic carbocycles. The third-order valence-electron chi connectivity index (χ3n) is 4.63. The highest BCUT2D eigenvalue weighted by molar-refractivity contribution is 6.99. The molecule has 148 valence electrons. The summed E-state index contributed by atoms with van der Waals surface area (Å²) in [6, 6.07) is 0. The van der Waals surface area contributed by atoms with Gasteiger partial charge >= 0.3 is 0 Å². The fourth-order valence-corrected chi connectivity index (χ4v) is 3.55. The van der Waals surface area contributed by atoms with Crippen LogP contribution < -0.4 is 10.1 Å². The Balaban J connectivity index is 2.23. The van der Waals surface area contributed by atoms with Crippen molar-refractivity contribution < 1.29 is 22.3 Å². The SMILES string of the molecule is CCCCCCOc1nsnc1C1=CCC(CF)(CF)NC1(CF)CF. The number of rotatable bonds is 11. The third-order valence-corrected chi connectivity index (χ3v) is 5.15. The van der Waals surface area contributed by atoms with E-state index in [0.717, 1.165) is 37.4 Å². The summed E-state index contributed by atoms with van der Waals surface area (Å²) in [6.45, 7) is -1.92. The average Bonchev–Trinajstić information content (AvgIpc) is 3.15. The Morgan fingerprint density at radius 2 is 1.81 bits per heavy atom. The van der Waals surface area contributed by atoms with Crippen molar-refractivity contribution in [3.05, 3.63) is 11.8 Å². The number of aromatic nitrogens is 2. The van der Waals surface area contributed by atoms with E-state index in [2.05, 4.69) is 21.0 Å². The van der Waals surface area contributed by atoms with Crippen LogP contribution in [0.4, 0.5) is 17.6 Å². The maximum atomic E-state index is 13.8. The predicted octanol–water partition coefficient (Wildman–Crippen LogP) is 4.23. The Hall–Kier alpha value is -1.22. The molecule has 0 saturated carbocycles. The topological polar surface area (TPSA) is 47.0 Å². The van der Waals surface area contributed by atoms with Crippen LogP contribution in [-0.2, 0) is 0 Å². The summed E-state index contributed by atoms with van der Waals surface area (Å²) in [6.07, 6.45) is 5.47. The molecule has 0 fully saturated rings. The van der Waals surface area contributed by atoms with E-state index in [0.29, 0.717) is 6.61 Å². The van der Waals surface area contributed by atoms with Crippen molar-refractivity contribution in [2.24, 2.45) is 0 Å². The number of alkyl halides is 4. The molecule has 2 heterocycles. The van der Waals surface area contributed by atoms with Gasteiger partial charge in [0.1, 0.15) is 37.9 Å². The molecular weight excluding hydrogens is 370 g/mol. The van der Waals surface area contributed by atoms with E-state index in [-0.39, 0.29) is 23.6 Å². The number of hydrogen-bond acceptors (Lipinski definition) is 5. The largest absolute Gasteiger partial charge is 0.475 e. The number of nitrogens with one attached hydrogen (secondary N) is 1. The highest BCUT2D eigenvalue weighted by Gasteiger charge is 2.48. The second-order valence-electron chi connectivity index (χ2n) is 6.67. The monoisotopic (exact) mass is 395 g/mol. The van der Waals surface area contributed by atoms with E-state index in [1.807, 2.05) is 0 Å². The summed E-state index contributed by atoms with van der Waals surface area (Å²) in [5.41, 5.74) is -3.03. The van der Waals surface area contributed by atoms with E-state index in [4.69, 9.17) is 4.74 Å². The van der Waals surface area contributed by atoms with Crippen molar-refractivity contribution in [2.45, 2.75) is 50.1 Å². The molecule has 0 amide bonds. The normalized spacial score (nSPS) is 18.6. The standard InChI is InChI=1S/C17H25F4N3OS/c1-2-3-4-5-8-25-15-14(22-26-23-15)13-6-7-16(9-18,10-19)24-17(13,11-20)12-21/h6,24H,2-5,7-12H2,1H3. The fourth-order valence-electron chi connectivity index (χ4n) is 3.04. The van der Waals surface area contributed by atoms with Crippen molar-refractivity contribution in [1.29, 1.82) is 0 Å². The summed E-state index contributed by atoms with van der Waals surface area (Å²) < 4.78 is 68.2. The van der Waals surface area contributed by atoms with E-state index in [1.54, 1.807) is 0 Å². The molecule has 1 aromatic heterocycles. The van der Waals surface area contributed by atoms with E-state index < -0.39 is 37.8 Å². The molecule has 4 nitrogen and oxygen atoms in total. The van der Waals surface area contributed by atoms with Gasteiger partial charge in [-0.3, -0.25) is 5.32 Å². The lowest BCUT2D eigenvalue weighted by Crippen LogP contribution is -2.65. The summed E-state index contributed by atoms with van der Waals surface area (Å²) in [4.78, 5) is 0. The Bertz CT molecular complexity index is 588. The number of hydrogen-bond donors (Lipinski definition) is 1. The molecule has 0 aliphatic carbocycles. The van der Waals surface area contributed by atoms with Gasteiger partial charge in [0.2, 0.25) is 0 Å². The Kier molecular flexibility index (Phi) is 7.82. The summed E-state index contributed by atoms with van der Waals surface area (Å²) in [5, 5.41) is 2.54. The van der Waals surface area contributed by atoms with E-state index in [9.17, 15) is 17.6 Å². The Labute approximate surface area is 155 Å². The molecule has 0 spiro atoms. The molecule has 0 unspecified atom stereocenters. The van der Waals surface area contributed by atoms with Gasteiger partial charge in [0.15, 0.2) is 0 Å². The van der Waals surface area contributed by atoms with Gasteiger partial charge < -0.3 is 4.74 Å². The molecule has 0 saturated heterocycles. The molecule has 9 heteroatoms. The highest BCUT2D eigenvalue weighted by Crippen LogP contribution is 2.39. The van der Waals surface area contributed by atoms with Gasteiger partial charge in [-0.15, -0.1) is 4.37 Å². The van der Waals surface area contributed by atoms with Gasteiger partial charge in [-0.1, -0.05) is 32.3 Å². The highest BCUT2D eigenvalue weighted by atomic mass is 32.1. The van der Waals surface area contributed by atoms with Crippen LogP contribution in [0.25, 0.3) is 5.57 Å². The van der Waals surface area contributed by atoms with Crippen molar-refractivity contribution >= 4 is 17.3 Å². The zero-order valence-corrected chi connectivity index (χ0v) is 15.7. The van der Waals surface area contributed by atoms with Crippen molar-refractivity contribution in [1.82, 2.24) is 14.1 Å². The van der Waals surface area contributed by atoms with Crippen LogP contribution in [0.5, 0.6) is 5.88 Å². The second kappa shape index (κ2) is 9.64. The zero-order valence-electron chi connectivity index (χ0n) is 14.9. The summed E-state index contributed by atoms with van der Waals surface area (Å²) in [5.74, 6) is 0.207. The van der Waals surface area contributed by atoms with Gasteiger partial charge in [0, 0.05) is 5.57 Å². The minimum absolute atomic E-state index is 0.0372. The quantitative estimate of drug-likeness (QED) is 0.450. The first-order valence-corrected chi connectivity index (χ1v) is 9.53. The van der Waals surface area contributed by atoms with Crippen LogP contribution >= 0.6 is 11.7 Å². The molecule has 2 rings (SSSR count). The molecule has 26 heavy (non-hydrogen) atoms. The predicted molar refractivity (Wildman–Crippen MR) is 94.6 cm³/mol. The number of unbranched alkanes of at least 4 members (excludes halogenated alkanes) is 3. The maximum Gasteiger partial charge on any atom is 0.253 e. The Morgan fingerprint density at radius 1 is 1.08 bits per heavy atom. The van der Waals surface area contributed by atoms with Crippen molar-refractivity contribution in [3.63, 3.8) is 0 Å². The first-order chi connectivity index (χ1) is 12.6. The lowest BCUT2D eigenvalue weighted by molar-refractivity contribution is 0.117. The first kappa shape index (κ1) is 21.1. The average molecular weight is 395 g/mol. The summed E-state index contributed by atoms with van der Waals surface area (Å²) >= 11 is 0.875. The summed E-state index contributed by atoms with van der Waals surface area (Å²) in [7, 11) is 0. The molecule has 0 atom stereocenters. The number of halogens is 4. The van der Waals surface area contributed by atoms with E-state index in [1.165, 1.54) is 6.08 Å². The van der Waals surface area contributed by atoms with Crippen LogP contribution in [0.15, 0.2) is 6.08 Å². The fraction of sp³-hybridized carbons (Fsp3) is 0.765. The van der Waals surface area contributed by atoms with Crippen LogP contribution in [0.2, 0.25) is 0 Å². The minimum atomic E-state index is -1.85. The van der Waals surface area contributed by atoms with Crippen LogP contribution in [0.1, 0.15) is 44.7 Å². The number of nitrogens with zero attached hydrogens (tertiary/aromatic N) is 2. The smallest absolute Gasteiger partial charge is 0.253 e. The van der Waals surface area contributed by atoms with Crippen molar-refractivity contribution in [3.8, 4) is 5.88 Å². The van der Waals surface area contributed by atoms with E-state index >= 15 is 0 Å². The first-order valence-electron chi connectivity index (χ1n) is 8.80. The second-order valence-corrected chi connectivity index (χ2v) is 7.20. The van der Waals surface area contributed by atoms with Crippen LogP contribution in [0.3, 0.4) is 0 Å². The molecule has 1 aromatic rings. The van der Waals surface area contributed by atoms with Crippen LogP contribution in [-0.4, -0.2) is 53.1 Å². The number of ether oxygens (including phenoxy) is 1. The van der Waals surface area contributed by atoms with Gasteiger partial charge in [0.25, 0.3) is 5.88 Å². The zero-order chi connectivity index (χ0) is 19.0. The molecule has 0 bridgehead atoms.